The van der Waals surface area contributed by atoms with Crippen molar-refractivity contribution in [2.45, 2.75) is 13.1 Å². The van der Waals surface area contributed by atoms with Crippen molar-refractivity contribution in [1.29, 1.82) is 0 Å². The fraction of sp³-hybridized carbons (Fsp3) is 0.350. The average molecular weight is 340 g/mol. The zero-order valence-corrected chi connectivity index (χ0v) is 14.5. The molecule has 2 aromatic rings. The number of piperazine rings is 1. The second-order valence-electron chi connectivity index (χ2n) is 6.37. The number of rotatable bonds is 6. The average Bonchev–Trinajstić information content (AvgIpc) is 2.64. The quantitative estimate of drug-likeness (QED) is 0.876. The Kier molecular flexibility index (Phi) is 5.68. The molecule has 1 heterocycles. The number of para-hydroxylation sites is 1. The maximum atomic E-state index is 11.1. The van der Waals surface area contributed by atoms with Gasteiger partial charge in [0, 0.05) is 44.8 Å². The molecule has 0 spiro atoms. The molecule has 1 fully saturated rings. The second-order valence-corrected chi connectivity index (χ2v) is 6.37. The third kappa shape index (κ3) is 4.59. The van der Waals surface area contributed by atoms with Gasteiger partial charge in [0.15, 0.2) is 0 Å². The molecule has 3 rings (SSSR count). The monoisotopic (exact) mass is 340 g/mol. The summed E-state index contributed by atoms with van der Waals surface area (Å²) >= 11 is 0. The molecule has 1 aliphatic heterocycles. The highest BCUT2D eigenvalue weighted by atomic mass is 16.5. The van der Waals surface area contributed by atoms with E-state index in [1.54, 1.807) is 19.2 Å². The van der Waals surface area contributed by atoms with Gasteiger partial charge in [-0.05, 0) is 23.8 Å². The van der Waals surface area contributed by atoms with E-state index < -0.39 is 5.97 Å². The normalized spacial score (nSPS) is 15.9. The first-order valence-corrected chi connectivity index (χ1v) is 8.54. The van der Waals surface area contributed by atoms with E-state index in [-0.39, 0.29) is 0 Å². The Labute approximate surface area is 148 Å². The van der Waals surface area contributed by atoms with Gasteiger partial charge in [0.25, 0.3) is 0 Å². The van der Waals surface area contributed by atoms with Crippen LogP contribution in [0.2, 0.25) is 0 Å². The first kappa shape index (κ1) is 17.5. The van der Waals surface area contributed by atoms with Crippen LogP contribution in [0.4, 0.5) is 0 Å². The molecule has 0 radical (unpaired) electrons. The molecule has 0 saturated carbocycles. The summed E-state index contributed by atoms with van der Waals surface area (Å²) in [5.74, 6) is 0.0684. The summed E-state index contributed by atoms with van der Waals surface area (Å²) in [7, 11) is 1.71. The molecule has 0 aliphatic carbocycles. The number of ether oxygens (including phenoxy) is 1. The van der Waals surface area contributed by atoms with E-state index in [9.17, 15) is 4.79 Å². The predicted octanol–water partition coefficient (Wildman–Crippen LogP) is 2.71. The van der Waals surface area contributed by atoms with Gasteiger partial charge in [-0.3, -0.25) is 9.80 Å². The van der Waals surface area contributed by atoms with E-state index >= 15 is 0 Å². The molecule has 1 N–H and O–H groups in total. The highest BCUT2D eigenvalue weighted by Crippen LogP contribution is 2.20. The van der Waals surface area contributed by atoms with Crippen molar-refractivity contribution >= 4 is 5.97 Å². The number of carboxylic acids is 1. The zero-order chi connectivity index (χ0) is 17.6. The number of aromatic carboxylic acids is 1. The number of hydrogen-bond acceptors (Lipinski definition) is 4. The Bertz CT molecular complexity index is 724. The number of carbonyl (C=O) groups is 1. The lowest BCUT2D eigenvalue weighted by atomic mass is 10.1. The summed E-state index contributed by atoms with van der Waals surface area (Å²) in [6, 6.07) is 15.4. The summed E-state index contributed by atoms with van der Waals surface area (Å²) in [5.41, 5.74) is 2.62. The predicted molar refractivity (Wildman–Crippen MR) is 96.9 cm³/mol. The second kappa shape index (κ2) is 8.14. The number of benzene rings is 2. The number of hydrogen-bond donors (Lipinski definition) is 1. The topological polar surface area (TPSA) is 53.0 Å². The van der Waals surface area contributed by atoms with E-state index in [4.69, 9.17) is 9.84 Å². The van der Waals surface area contributed by atoms with Crippen LogP contribution in [0.25, 0.3) is 0 Å². The van der Waals surface area contributed by atoms with Crippen LogP contribution in [0, 0.1) is 0 Å². The van der Waals surface area contributed by atoms with Crippen molar-refractivity contribution < 1.29 is 14.6 Å². The standard InChI is InChI=1S/C20H24N2O3/c1-25-19-8-3-2-6-18(19)15-22-11-9-21(10-12-22)14-16-5-4-7-17(13-16)20(23)24/h2-8,13H,9-12,14-15H2,1H3,(H,23,24). The summed E-state index contributed by atoms with van der Waals surface area (Å²) in [6.07, 6.45) is 0. The molecule has 0 amide bonds. The molecule has 1 saturated heterocycles. The molecule has 5 nitrogen and oxygen atoms in total. The number of methoxy groups -OCH3 is 1. The van der Waals surface area contributed by atoms with Gasteiger partial charge < -0.3 is 9.84 Å². The zero-order valence-electron chi connectivity index (χ0n) is 14.5. The third-order valence-corrected chi connectivity index (χ3v) is 4.63. The van der Waals surface area contributed by atoms with Crippen molar-refractivity contribution in [3.63, 3.8) is 0 Å². The summed E-state index contributed by atoms with van der Waals surface area (Å²) < 4.78 is 5.43. The molecule has 132 valence electrons. The van der Waals surface area contributed by atoms with Gasteiger partial charge in [0.2, 0.25) is 0 Å². The molecule has 0 bridgehead atoms. The van der Waals surface area contributed by atoms with Crippen molar-refractivity contribution in [3.8, 4) is 5.75 Å². The Morgan fingerprint density at radius 3 is 2.36 bits per heavy atom. The Hall–Kier alpha value is -2.37. The Morgan fingerprint density at radius 1 is 1.00 bits per heavy atom. The Morgan fingerprint density at radius 2 is 1.68 bits per heavy atom. The van der Waals surface area contributed by atoms with E-state index in [2.05, 4.69) is 15.9 Å². The molecule has 0 aromatic heterocycles. The van der Waals surface area contributed by atoms with Crippen LogP contribution in [0.3, 0.4) is 0 Å². The van der Waals surface area contributed by atoms with Gasteiger partial charge in [-0.2, -0.15) is 0 Å². The van der Waals surface area contributed by atoms with Crippen LogP contribution in [-0.2, 0) is 13.1 Å². The number of nitrogens with zero attached hydrogens (tertiary/aromatic N) is 2. The van der Waals surface area contributed by atoms with Crippen molar-refractivity contribution in [1.82, 2.24) is 9.80 Å². The van der Waals surface area contributed by atoms with Crippen LogP contribution in [0.5, 0.6) is 5.75 Å². The molecular formula is C20H24N2O3. The lowest BCUT2D eigenvalue weighted by Gasteiger charge is -2.35. The van der Waals surface area contributed by atoms with Crippen LogP contribution in [-0.4, -0.2) is 54.2 Å². The third-order valence-electron chi connectivity index (χ3n) is 4.63. The lowest BCUT2D eigenvalue weighted by molar-refractivity contribution is 0.0696. The minimum absolute atomic E-state index is 0.354. The minimum Gasteiger partial charge on any atom is -0.496 e. The van der Waals surface area contributed by atoms with E-state index in [1.165, 1.54) is 5.56 Å². The van der Waals surface area contributed by atoms with Crippen molar-refractivity contribution in [2.24, 2.45) is 0 Å². The molecule has 0 unspecified atom stereocenters. The fourth-order valence-corrected chi connectivity index (χ4v) is 3.24. The van der Waals surface area contributed by atoms with Gasteiger partial charge in [0.1, 0.15) is 5.75 Å². The lowest BCUT2D eigenvalue weighted by Crippen LogP contribution is -2.45. The van der Waals surface area contributed by atoms with Crippen LogP contribution < -0.4 is 4.74 Å². The SMILES string of the molecule is COc1ccccc1CN1CCN(Cc2cccc(C(=O)O)c2)CC1. The van der Waals surface area contributed by atoms with E-state index in [0.29, 0.717) is 5.56 Å². The van der Waals surface area contributed by atoms with E-state index in [0.717, 1.165) is 50.6 Å². The molecule has 25 heavy (non-hydrogen) atoms. The van der Waals surface area contributed by atoms with E-state index in [1.807, 2.05) is 30.3 Å². The maximum absolute atomic E-state index is 11.1. The fourth-order valence-electron chi connectivity index (χ4n) is 3.24. The molecule has 0 atom stereocenters. The highest BCUT2D eigenvalue weighted by Gasteiger charge is 2.18. The van der Waals surface area contributed by atoms with Gasteiger partial charge >= 0.3 is 5.97 Å². The van der Waals surface area contributed by atoms with Gasteiger partial charge in [-0.15, -0.1) is 0 Å². The highest BCUT2D eigenvalue weighted by molar-refractivity contribution is 5.87. The van der Waals surface area contributed by atoms with Gasteiger partial charge in [-0.1, -0.05) is 30.3 Å². The molecule has 5 heteroatoms. The van der Waals surface area contributed by atoms with Crippen LogP contribution in [0.1, 0.15) is 21.5 Å². The first-order valence-electron chi connectivity index (χ1n) is 8.54. The van der Waals surface area contributed by atoms with Crippen LogP contribution in [0.15, 0.2) is 48.5 Å². The van der Waals surface area contributed by atoms with Crippen molar-refractivity contribution in [2.75, 3.05) is 33.3 Å². The Balaban J connectivity index is 1.53. The summed E-state index contributed by atoms with van der Waals surface area (Å²) in [6.45, 7) is 5.64. The largest absolute Gasteiger partial charge is 0.496 e. The molecule has 1 aliphatic rings. The molecular weight excluding hydrogens is 316 g/mol. The summed E-state index contributed by atoms with van der Waals surface area (Å²) in [4.78, 5) is 15.9. The van der Waals surface area contributed by atoms with Crippen LogP contribution >= 0.6 is 0 Å². The van der Waals surface area contributed by atoms with Gasteiger partial charge in [-0.25, -0.2) is 4.79 Å². The summed E-state index contributed by atoms with van der Waals surface area (Å²) in [5, 5.41) is 9.10. The molecule has 2 aromatic carbocycles. The smallest absolute Gasteiger partial charge is 0.335 e. The van der Waals surface area contributed by atoms with Crippen molar-refractivity contribution in [3.05, 3.63) is 65.2 Å². The number of carboxylic acid groups (broad SMARTS) is 1. The maximum Gasteiger partial charge on any atom is 0.335 e. The first-order chi connectivity index (χ1) is 12.2. The minimum atomic E-state index is -0.872. The van der Waals surface area contributed by atoms with Gasteiger partial charge in [0.05, 0.1) is 12.7 Å².